The second-order valence-corrected chi connectivity index (χ2v) is 5.30. The molecule has 3 rings (SSSR count). The van der Waals surface area contributed by atoms with Crippen LogP contribution in [0.1, 0.15) is 38.8 Å². The number of furan rings is 1. The Labute approximate surface area is 134 Å². The van der Waals surface area contributed by atoms with Gasteiger partial charge in [0.1, 0.15) is 0 Å². The fourth-order valence-electron chi connectivity index (χ4n) is 2.57. The highest BCUT2D eigenvalue weighted by Crippen LogP contribution is 2.26. The first-order valence-electron chi connectivity index (χ1n) is 7.46. The number of rotatable bonds is 6. The third-order valence-electron chi connectivity index (χ3n) is 3.76. The lowest BCUT2D eigenvalue weighted by molar-refractivity contribution is 0.0879. The fraction of sp³-hybridized carbons (Fsp3) is 0.100. The predicted molar refractivity (Wildman–Crippen MR) is 87.6 cm³/mol. The first kappa shape index (κ1) is 15.0. The molecule has 1 unspecified atom stereocenters. The van der Waals surface area contributed by atoms with Crippen molar-refractivity contribution in [2.24, 2.45) is 0 Å². The van der Waals surface area contributed by atoms with Crippen molar-refractivity contribution in [3.8, 4) is 0 Å². The SMILES string of the molecule is O=C(CC(C(=O)c1ccccc1)c1ccccc1)c1ccco1. The molecule has 2 aromatic carbocycles. The number of carbonyl (C=O) groups excluding carboxylic acids is 2. The van der Waals surface area contributed by atoms with Gasteiger partial charge < -0.3 is 4.42 Å². The molecule has 1 aromatic heterocycles. The number of hydrogen-bond acceptors (Lipinski definition) is 3. The first-order valence-corrected chi connectivity index (χ1v) is 7.46. The Bertz CT molecular complexity index is 774. The van der Waals surface area contributed by atoms with Gasteiger partial charge in [-0.1, -0.05) is 60.7 Å². The van der Waals surface area contributed by atoms with Gasteiger partial charge in [0, 0.05) is 12.0 Å². The summed E-state index contributed by atoms with van der Waals surface area (Å²) in [6.07, 6.45) is 1.55. The molecule has 0 aliphatic rings. The maximum Gasteiger partial charge on any atom is 0.199 e. The van der Waals surface area contributed by atoms with Crippen molar-refractivity contribution in [1.29, 1.82) is 0 Å². The second-order valence-electron chi connectivity index (χ2n) is 5.30. The number of ketones is 2. The molecule has 3 nitrogen and oxygen atoms in total. The molecule has 114 valence electrons. The van der Waals surface area contributed by atoms with Crippen molar-refractivity contribution in [2.75, 3.05) is 0 Å². The van der Waals surface area contributed by atoms with E-state index in [1.165, 1.54) is 6.26 Å². The van der Waals surface area contributed by atoms with E-state index in [0.29, 0.717) is 5.56 Å². The lowest BCUT2D eigenvalue weighted by Gasteiger charge is -2.15. The molecule has 3 aromatic rings. The van der Waals surface area contributed by atoms with Crippen LogP contribution in [-0.4, -0.2) is 11.6 Å². The summed E-state index contributed by atoms with van der Waals surface area (Å²) in [7, 11) is 0. The number of benzene rings is 2. The van der Waals surface area contributed by atoms with E-state index in [-0.39, 0.29) is 23.7 Å². The van der Waals surface area contributed by atoms with Gasteiger partial charge in [-0.05, 0) is 17.7 Å². The second kappa shape index (κ2) is 6.88. The van der Waals surface area contributed by atoms with E-state index >= 15 is 0 Å². The fourth-order valence-corrected chi connectivity index (χ4v) is 2.57. The van der Waals surface area contributed by atoms with Crippen LogP contribution < -0.4 is 0 Å². The zero-order chi connectivity index (χ0) is 16.1. The molecule has 0 radical (unpaired) electrons. The molecule has 1 heterocycles. The highest BCUT2D eigenvalue weighted by Gasteiger charge is 2.26. The molecule has 3 heteroatoms. The van der Waals surface area contributed by atoms with Gasteiger partial charge >= 0.3 is 0 Å². The summed E-state index contributed by atoms with van der Waals surface area (Å²) >= 11 is 0. The lowest BCUT2D eigenvalue weighted by atomic mass is 9.86. The molecule has 0 aliphatic carbocycles. The zero-order valence-corrected chi connectivity index (χ0v) is 12.5. The average Bonchev–Trinajstić information content (AvgIpc) is 3.15. The Morgan fingerprint density at radius 3 is 2.09 bits per heavy atom. The molecular weight excluding hydrogens is 288 g/mol. The van der Waals surface area contributed by atoms with Crippen LogP contribution in [0.15, 0.2) is 83.5 Å². The number of Topliss-reactive ketones (excluding diaryl/α,β-unsaturated/α-hetero) is 2. The van der Waals surface area contributed by atoms with Gasteiger partial charge in [0.15, 0.2) is 17.3 Å². The molecule has 1 atom stereocenters. The smallest absolute Gasteiger partial charge is 0.199 e. The van der Waals surface area contributed by atoms with Gasteiger partial charge in [0.25, 0.3) is 0 Å². The standard InChI is InChI=1S/C20H16O3/c21-18(19-12-7-13-23-19)14-17(15-8-3-1-4-9-15)20(22)16-10-5-2-6-11-16/h1-13,17H,14H2. The minimum absolute atomic E-state index is 0.0586. The van der Waals surface area contributed by atoms with Crippen LogP contribution >= 0.6 is 0 Å². The van der Waals surface area contributed by atoms with Crippen LogP contribution in [0, 0.1) is 0 Å². The Morgan fingerprint density at radius 2 is 1.48 bits per heavy atom. The van der Waals surface area contributed by atoms with E-state index in [2.05, 4.69) is 0 Å². The minimum Gasteiger partial charge on any atom is -0.461 e. The molecule has 0 amide bonds. The average molecular weight is 304 g/mol. The predicted octanol–water partition coefficient (Wildman–Crippen LogP) is 4.52. The van der Waals surface area contributed by atoms with Gasteiger partial charge in [0.2, 0.25) is 0 Å². The summed E-state index contributed by atoms with van der Waals surface area (Å²) in [6.45, 7) is 0. The summed E-state index contributed by atoms with van der Waals surface area (Å²) in [5, 5.41) is 0. The first-order chi connectivity index (χ1) is 11.3. The van der Waals surface area contributed by atoms with Crippen molar-refractivity contribution < 1.29 is 14.0 Å². The Hall–Kier alpha value is -2.94. The quantitative estimate of drug-likeness (QED) is 0.629. The molecule has 0 spiro atoms. The van der Waals surface area contributed by atoms with E-state index in [1.54, 1.807) is 24.3 Å². The Balaban J connectivity index is 1.91. The molecule has 0 bridgehead atoms. The molecule has 0 saturated carbocycles. The molecule has 0 N–H and O–H groups in total. The van der Waals surface area contributed by atoms with Crippen molar-refractivity contribution in [3.05, 3.63) is 95.9 Å². The summed E-state index contributed by atoms with van der Waals surface area (Å²) in [5.41, 5.74) is 1.44. The largest absolute Gasteiger partial charge is 0.461 e. The van der Waals surface area contributed by atoms with Gasteiger partial charge in [-0.15, -0.1) is 0 Å². The van der Waals surface area contributed by atoms with Crippen LogP contribution in [0.3, 0.4) is 0 Å². The third kappa shape index (κ3) is 3.46. The van der Waals surface area contributed by atoms with E-state index in [9.17, 15) is 9.59 Å². The third-order valence-corrected chi connectivity index (χ3v) is 3.76. The van der Waals surface area contributed by atoms with Crippen molar-refractivity contribution >= 4 is 11.6 Å². The lowest BCUT2D eigenvalue weighted by Crippen LogP contribution is -2.17. The van der Waals surface area contributed by atoms with Crippen molar-refractivity contribution in [3.63, 3.8) is 0 Å². The maximum atomic E-state index is 12.9. The monoisotopic (exact) mass is 304 g/mol. The highest BCUT2D eigenvalue weighted by molar-refractivity contribution is 6.05. The molecule has 0 aliphatic heterocycles. The number of carbonyl (C=O) groups is 2. The minimum atomic E-state index is -0.517. The summed E-state index contributed by atoms with van der Waals surface area (Å²) in [6, 6.07) is 21.7. The van der Waals surface area contributed by atoms with Gasteiger partial charge in [-0.25, -0.2) is 0 Å². The highest BCUT2D eigenvalue weighted by atomic mass is 16.3. The van der Waals surface area contributed by atoms with Gasteiger partial charge in [-0.3, -0.25) is 9.59 Å². The van der Waals surface area contributed by atoms with E-state index in [1.807, 2.05) is 48.5 Å². The van der Waals surface area contributed by atoms with Gasteiger partial charge in [-0.2, -0.15) is 0 Å². The van der Waals surface area contributed by atoms with Crippen LogP contribution in [0.5, 0.6) is 0 Å². The summed E-state index contributed by atoms with van der Waals surface area (Å²) in [5.74, 6) is -0.465. The van der Waals surface area contributed by atoms with Crippen molar-refractivity contribution in [1.82, 2.24) is 0 Å². The topological polar surface area (TPSA) is 47.3 Å². The van der Waals surface area contributed by atoms with E-state index in [0.717, 1.165) is 5.56 Å². The Kier molecular flexibility index (Phi) is 4.48. The van der Waals surface area contributed by atoms with E-state index in [4.69, 9.17) is 4.42 Å². The normalized spacial score (nSPS) is 11.8. The molecule has 0 saturated heterocycles. The van der Waals surface area contributed by atoms with Gasteiger partial charge in [0.05, 0.1) is 12.2 Å². The molecular formula is C20H16O3. The summed E-state index contributed by atoms with van der Waals surface area (Å²) < 4.78 is 5.16. The molecule has 0 fully saturated rings. The summed E-state index contributed by atoms with van der Waals surface area (Å²) in [4.78, 5) is 25.2. The van der Waals surface area contributed by atoms with Crippen molar-refractivity contribution in [2.45, 2.75) is 12.3 Å². The van der Waals surface area contributed by atoms with E-state index < -0.39 is 5.92 Å². The van der Waals surface area contributed by atoms with Crippen LogP contribution in [-0.2, 0) is 0 Å². The van der Waals surface area contributed by atoms with Crippen LogP contribution in [0.4, 0.5) is 0 Å². The zero-order valence-electron chi connectivity index (χ0n) is 12.5. The number of hydrogen-bond donors (Lipinski definition) is 0. The van der Waals surface area contributed by atoms with Crippen LogP contribution in [0.2, 0.25) is 0 Å². The Morgan fingerprint density at radius 1 is 0.826 bits per heavy atom. The molecule has 23 heavy (non-hydrogen) atoms. The maximum absolute atomic E-state index is 12.9. The van der Waals surface area contributed by atoms with Crippen LogP contribution in [0.25, 0.3) is 0 Å².